The first-order chi connectivity index (χ1) is 9.31. The molecule has 0 radical (unpaired) electrons. The van der Waals surface area contributed by atoms with Crippen LogP contribution in [0.4, 0.5) is 5.82 Å². The van der Waals surface area contributed by atoms with E-state index in [4.69, 9.17) is 4.74 Å². The SMILES string of the molecule is Cc1cc(NC2CCN(C3CCOCC3)C2)ncn1. The van der Waals surface area contributed by atoms with Crippen LogP contribution in [-0.4, -0.2) is 53.3 Å². The molecule has 1 unspecified atom stereocenters. The Morgan fingerprint density at radius 1 is 1.26 bits per heavy atom. The molecule has 1 atom stereocenters. The molecule has 0 aromatic carbocycles. The Kier molecular flexibility index (Phi) is 3.94. The highest BCUT2D eigenvalue weighted by atomic mass is 16.5. The molecule has 2 aliphatic rings. The van der Waals surface area contributed by atoms with E-state index in [9.17, 15) is 0 Å². The van der Waals surface area contributed by atoms with Gasteiger partial charge in [0.25, 0.3) is 0 Å². The molecular formula is C14H22N4O. The van der Waals surface area contributed by atoms with Crippen molar-refractivity contribution in [3.05, 3.63) is 18.1 Å². The van der Waals surface area contributed by atoms with E-state index < -0.39 is 0 Å². The number of rotatable bonds is 3. The van der Waals surface area contributed by atoms with Crippen LogP contribution in [0.5, 0.6) is 0 Å². The first kappa shape index (κ1) is 12.8. The summed E-state index contributed by atoms with van der Waals surface area (Å²) in [6.45, 7) is 6.14. The van der Waals surface area contributed by atoms with Crippen LogP contribution < -0.4 is 5.32 Å². The zero-order valence-electron chi connectivity index (χ0n) is 11.5. The number of likely N-dealkylation sites (tertiary alicyclic amines) is 1. The highest BCUT2D eigenvalue weighted by molar-refractivity contribution is 5.36. The summed E-state index contributed by atoms with van der Waals surface area (Å²) in [5.41, 5.74) is 1.01. The summed E-state index contributed by atoms with van der Waals surface area (Å²) in [7, 11) is 0. The highest BCUT2D eigenvalue weighted by Gasteiger charge is 2.29. The van der Waals surface area contributed by atoms with Gasteiger partial charge >= 0.3 is 0 Å². The fraction of sp³-hybridized carbons (Fsp3) is 0.714. The standard InChI is InChI=1S/C14H22N4O/c1-11-8-14(16-10-15-11)17-12-2-5-18(9-12)13-3-6-19-7-4-13/h8,10,12-13H,2-7,9H2,1H3,(H,15,16,17). The summed E-state index contributed by atoms with van der Waals surface area (Å²) in [6.07, 6.45) is 5.18. The molecule has 0 aliphatic carbocycles. The van der Waals surface area contributed by atoms with Crippen molar-refractivity contribution in [1.82, 2.24) is 14.9 Å². The maximum atomic E-state index is 5.44. The van der Waals surface area contributed by atoms with Crippen molar-refractivity contribution in [2.75, 3.05) is 31.6 Å². The zero-order valence-corrected chi connectivity index (χ0v) is 11.5. The lowest BCUT2D eigenvalue weighted by molar-refractivity contribution is 0.0421. The van der Waals surface area contributed by atoms with E-state index in [0.717, 1.165) is 31.3 Å². The van der Waals surface area contributed by atoms with E-state index >= 15 is 0 Å². The zero-order chi connectivity index (χ0) is 13.1. The summed E-state index contributed by atoms with van der Waals surface area (Å²) >= 11 is 0. The van der Waals surface area contributed by atoms with Crippen LogP contribution >= 0.6 is 0 Å². The summed E-state index contributed by atoms with van der Waals surface area (Å²) in [6, 6.07) is 3.24. The maximum absolute atomic E-state index is 5.44. The van der Waals surface area contributed by atoms with Crippen molar-refractivity contribution < 1.29 is 4.74 Å². The Morgan fingerprint density at radius 2 is 2.11 bits per heavy atom. The normalized spacial score (nSPS) is 25.6. The molecule has 5 nitrogen and oxygen atoms in total. The molecule has 2 fully saturated rings. The molecule has 0 amide bonds. The van der Waals surface area contributed by atoms with Gasteiger partial charge in [-0.15, -0.1) is 0 Å². The molecule has 3 rings (SSSR count). The molecule has 0 saturated carbocycles. The predicted octanol–water partition coefficient (Wildman–Crippen LogP) is 1.45. The van der Waals surface area contributed by atoms with Gasteiger partial charge in [0.15, 0.2) is 0 Å². The van der Waals surface area contributed by atoms with Gasteiger partial charge < -0.3 is 10.1 Å². The topological polar surface area (TPSA) is 50.3 Å². The van der Waals surface area contributed by atoms with Gasteiger partial charge in [-0.1, -0.05) is 0 Å². The third-order valence-electron chi connectivity index (χ3n) is 4.08. The van der Waals surface area contributed by atoms with Crippen LogP contribution in [0.25, 0.3) is 0 Å². The predicted molar refractivity (Wildman–Crippen MR) is 74.2 cm³/mol. The van der Waals surface area contributed by atoms with Crippen molar-refractivity contribution in [2.24, 2.45) is 0 Å². The second kappa shape index (κ2) is 5.84. The van der Waals surface area contributed by atoms with Crippen LogP contribution in [0.3, 0.4) is 0 Å². The third-order valence-corrected chi connectivity index (χ3v) is 4.08. The van der Waals surface area contributed by atoms with Crippen molar-refractivity contribution in [1.29, 1.82) is 0 Å². The van der Waals surface area contributed by atoms with Gasteiger partial charge in [0.1, 0.15) is 12.1 Å². The average molecular weight is 262 g/mol. The Hall–Kier alpha value is -1.20. The Morgan fingerprint density at radius 3 is 2.89 bits per heavy atom. The third kappa shape index (κ3) is 3.22. The number of nitrogens with zero attached hydrogens (tertiary/aromatic N) is 3. The fourth-order valence-electron chi connectivity index (χ4n) is 3.03. The van der Waals surface area contributed by atoms with E-state index in [0.29, 0.717) is 12.1 Å². The molecule has 1 N–H and O–H groups in total. The molecule has 2 saturated heterocycles. The molecule has 0 spiro atoms. The Bertz CT molecular complexity index is 420. The van der Waals surface area contributed by atoms with Gasteiger partial charge in [-0.3, -0.25) is 4.90 Å². The number of anilines is 1. The second-order valence-electron chi connectivity index (χ2n) is 5.51. The molecule has 19 heavy (non-hydrogen) atoms. The van der Waals surface area contributed by atoms with E-state index in [1.165, 1.54) is 25.8 Å². The minimum Gasteiger partial charge on any atom is -0.381 e. The van der Waals surface area contributed by atoms with Gasteiger partial charge in [0.05, 0.1) is 0 Å². The van der Waals surface area contributed by atoms with Crippen molar-refractivity contribution >= 4 is 5.82 Å². The number of aryl methyl sites for hydroxylation is 1. The summed E-state index contributed by atoms with van der Waals surface area (Å²) < 4.78 is 5.44. The van der Waals surface area contributed by atoms with Crippen LogP contribution in [0.15, 0.2) is 12.4 Å². The van der Waals surface area contributed by atoms with Crippen LogP contribution in [0.1, 0.15) is 25.0 Å². The fourth-order valence-corrected chi connectivity index (χ4v) is 3.03. The second-order valence-corrected chi connectivity index (χ2v) is 5.51. The largest absolute Gasteiger partial charge is 0.381 e. The smallest absolute Gasteiger partial charge is 0.129 e. The maximum Gasteiger partial charge on any atom is 0.129 e. The minimum atomic E-state index is 0.511. The average Bonchev–Trinajstić information content (AvgIpc) is 2.88. The molecule has 1 aromatic rings. The number of aromatic nitrogens is 2. The molecule has 1 aromatic heterocycles. The molecule has 3 heterocycles. The number of nitrogens with one attached hydrogen (secondary N) is 1. The lowest BCUT2D eigenvalue weighted by atomic mass is 10.1. The number of ether oxygens (including phenoxy) is 1. The first-order valence-electron chi connectivity index (χ1n) is 7.18. The van der Waals surface area contributed by atoms with Gasteiger partial charge in [0.2, 0.25) is 0 Å². The van der Waals surface area contributed by atoms with Crippen LogP contribution in [0, 0.1) is 6.92 Å². The molecular weight excluding hydrogens is 240 g/mol. The Balaban J connectivity index is 1.54. The van der Waals surface area contributed by atoms with E-state index in [1.54, 1.807) is 6.33 Å². The summed E-state index contributed by atoms with van der Waals surface area (Å²) in [5, 5.41) is 3.53. The first-order valence-corrected chi connectivity index (χ1v) is 7.18. The molecule has 104 valence electrons. The summed E-state index contributed by atoms with van der Waals surface area (Å²) in [5.74, 6) is 0.950. The number of hydrogen-bond donors (Lipinski definition) is 1. The van der Waals surface area contributed by atoms with Gasteiger partial charge in [-0.25, -0.2) is 9.97 Å². The van der Waals surface area contributed by atoms with Crippen LogP contribution in [-0.2, 0) is 4.74 Å². The summed E-state index contributed by atoms with van der Waals surface area (Å²) in [4.78, 5) is 11.0. The van der Waals surface area contributed by atoms with E-state index in [-0.39, 0.29) is 0 Å². The lowest BCUT2D eigenvalue weighted by Crippen LogP contribution is -2.39. The van der Waals surface area contributed by atoms with Crippen molar-refractivity contribution in [3.8, 4) is 0 Å². The van der Waals surface area contributed by atoms with Gasteiger partial charge in [0, 0.05) is 50.1 Å². The molecule has 2 aliphatic heterocycles. The minimum absolute atomic E-state index is 0.511. The van der Waals surface area contributed by atoms with E-state index in [2.05, 4.69) is 20.2 Å². The number of hydrogen-bond acceptors (Lipinski definition) is 5. The van der Waals surface area contributed by atoms with Crippen molar-refractivity contribution in [2.45, 2.75) is 38.3 Å². The Labute approximate surface area is 114 Å². The van der Waals surface area contributed by atoms with Crippen LogP contribution in [0.2, 0.25) is 0 Å². The lowest BCUT2D eigenvalue weighted by Gasteiger charge is -2.31. The molecule has 0 bridgehead atoms. The molecule has 5 heteroatoms. The van der Waals surface area contributed by atoms with Crippen molar-refractivity contribution in [3.63, 3.8) is 0 Å². The van der Waals surface area contributed by atoms with E-state index in [1.807, 2.05) is 13.0 Å². The van der Waals surface area contributed by atoms with Gasteiger partial charge in [-0.2, -0.15) is 0 Å². The quantitative estimate of drug-likeness (QED) is 0.893. The van der Waals surface area contributed by atoms with Gasteiger partial charge in [-0.05, 0) is 26.2 Å². The monoisotopic (exact) mass is 262 g/mol. The highest BCUT2D eigenvalue weighted by Crippen LogP contribution is 2.21.